The minimum absolute atomic E-state index is 0.480. The SMILES string of the molecule is CCCCSc1cc(NC)nc(COCC)n1. The molecule has 96 valence electrons. The van der Waals surface area contributed by atoms with Crippen molar-refractivity contribution in [2.24, 2.45) is 0 Å². The van der Waals surface area contributed by atoms with E-state index in [1.807, 2.05) is 20.0 Å². The molecule has 1 N–H and O–H groups in total. The Morgan fingerprint density at radius 2 is 2.18 bits per heavy atom. The van der Waals surface area contributed by atoms with Crippen molar-refractivity contribution in [1.29, 1.82) is 0 Å². The van der Waals surface area contributed by atoms with Gasteiger partial charge in [-0.25, -0.2) is 9.97 Å². The molecule has 1 heterocycles. The highest BCUT2D eigenvalue weighted by atomic mass is 32.2. The van der Waals surface area contributed by atoms with E-state index in [1.165, 1.54) is 12.8 Å². The topological polar surface area (TPSA) is 47.0 Å². The molecule has 0 aromatic carbocycles. The second-order valence-electron chi connectivity index (χ2n) is 3.60. The summed E-state index contributed by atoms with van der Waals surface area (Å²) in [5.74, 6) is 2.71. The molecule has 0 fully saturated rings. The van der Waals surface area contributed by atoms with Crippen molar-refractivity contribution in [2.45, 2.75) is 38.3 Å². The summed E-state index contributed by atoms with van der Waals surface area (Å²) in [6, 6.07) is 1.98. The molecule has 0 saturated carbocycles. The number of rotatable bonds is 8. The maximum atomic E-state index is 5.34. The van der Waals surface area contributed by atoms with Gasteiger partial charge in [-0.2, -0.15) is 0 Å². The van der Waals surface area contributed by atoms with E-state index in [-0.39, 0.29) is 0 Å². The molecule has 1 aromatic heterocycles. The number of anilines is 1. The molecule has 0 aliphatic carbocycles. The molecule has 5 heteroatoms. The van der Waals surface area contributed by atoms with Gasteiger partial charge in [0.05, 0.1) is 0 Å². The summed E-state index contributed by atoms with van der Waals surface area (Å²) in [5.41, 5.74) is 0. The van der Waals surface area contributed by atoms with Gasteiger partial charge < -0.3 is 10.1 Å². The lowest BCUT2D eigenvalue weighted by Crippen LogP contribution is -2.03. The summed E-state index contributed by atoms with van der Waals surface area (Å²) in [7, 11) is 1.87. The van der Waals surface area contributed by atoms with Crippen LogP contribution in [-0.2, 0) is 11.3 Å². The Morgan fingerprint density at radius 3 is 2.82 bits per heavy atom. The third-order valence-electron chi connectivity index (χ3n) is 2.19. The molecular weight excluding hydrogens is 234 g/mol. The quantitative estimate of drug-likeness (QED) is 0.439. The van der Waals surface area contributed by atoms with Crippen LogP contribution in [0.25, 0.3) is 0 Å². The first-order chi connectivity index (χ1) is 8.30. The first kappa shape index (κ1) is 14.3. The van der Waals surface area contributed by atoms with Gasteiger partial charge in [0.1, 0.15) is 17.5 Å². The fourth-order valence-corrected chi connectivity index (χ4v) is 2.26. The Morgan fingerprint density at radius 1 is 1.35 bits per heavy atom. The largest absolute Gasteiger partial charge is 0.374 e. The van der Waals surface area contributed by atoms with Crippen molar-refractivity contribution in [2.75, 3.05) is 24.7 Å². The van der Waals surface area contributed by atoms with Gasteiger partial charge in [0.2, 0.25) is 0 Å². The maximum Gasteiger partial charge on any atom is 0.157 e. The second-order valence-corrected chi connectivity index (χ2v) is 4.71. The first-order valence-corrected chi connectivity index (χ1v) is 7.05. The van der Waals surface area contributed by atoms with E-state index >= 15 is 0 Å². The zero-order valence-corrected chi connectivity index (χ0v) is 11.6. The zero-order valence-electron chi connectivity index (χ0n) is 10.8. The molecule has 0 spiro atoms. The summed E-state index contributed by atoms with van der Waals surface area (Å²) >= 11 is 1.78. The lowest BCUT2D eigenvalue weighted by atomic mass is 10.4. The molecule has 1 aromatic rings. The van der Waals surface area contributed by atoms with Gasteiger partial charge in [-0.05, 0) is 19.1 Å². The Balaban J connectivity index is 2.67. The molecule has 0 unspecified atom stereocenters. The van der Waals surface area contributed by atoms with E-state index in [2.05, 4.69) is 22.2 Å². The average molecular weight is 255 g/mol. The van der Waals surface area contributed by atoms with E-state index in [9.17, 15) is 0 Å². The van der Waals surface area contributed by atoms with Crippen molar-refractivity contribution in [1.82, 2.24) is 9.97 Å². The number of nitrogens with zero attached hydrogens (tertiary/aromatic N) is 2. The lowest BCUT2D eigenvalue weighted by molar-refractivity contribution is 0.128. The predicted octanol–water partition coefficient (Wildman–Crippen LogP) is 2.95. The Hall–Kier alpha value is -0.810. The minimum atomic E-state index is 0.480. The van der Waals surface area contributed by atoms with Crippen molar-refractivity contribution in [3.63, 3.8) is 0 Å². The van der Waals surface area contributed by atoms with Crippen LogP contribution in [0.4, 0.5) is 5.82 Å². The predicted molar refractivity (Wildman–Crippen MR) is 72.5 cm³/mol. The summed E-state index contributed by atoms with van der Waals surface area (Å²) < 4.78 is 5.34. The normalized spacial score (nSPS) is 10.5. The summed E-state index contributed by atoms with van der Waals surface area (Å²) in [6.07, 6.45) is 2.42. The molecular formula is C12H21N3OS. The Labute approximate surface area is 108 Å². The van der Waals surface area contributed by atoms with Crippen molar-refractivity contribution in [3.05, 3.63) is 11.9 Å². The van der Waals surface area contributed by atoms with Gasteiger partial charge >= 0.3 is 0 Å². The van der Waals surface area contributed by atoms with E-state index in [4.69, 9.17) is 4.74 Å². The van der Waals surface area contributed by atoms with E-state index in [0.29, 0.717) is 13.2 Å². The summed E-state index contributed by atoms with van der Waals surface area (Å²) in [5, 5.41) is 4.08. The summed E-state index contributed by atoms with van der Waals surface area (Å²) in [4.78, 5) is 8.83. The monoisotopic (exact) mass is 255 g/mol. The third-order valence-corrected chi connectivity index (χ3v) is 3.19. The second kappa shape index (κ2) is 8.31. The van der Waals surface area contributed by atoms with Crippen LogP contribution >= 0.6 is 11.8 Å². The molecule has 0 saturated heterocycles. The van der Waals surface area contributed by atoms with Crippen LogP contribution in [-0.4, -0.2) is 29.4 Å². The molecule has 0 aliphatic rings. The van der Waals surface area contributed by atoms with Crippen LogP contribution in [0.15, 0.2) is 11.1 Å². The highest BCUT2D eigenvalue weighted by Crippen LogP contribution is 2.20. The number of aromatic nitrogens is 2. The van der Waals surface area contributed by atoms with E-state index in [1.54, 1.807) is 11.8 Å². The molecule has 17 heavy (non-hydrogen) atoms. The smallest absolute Gasteiger partial charge is 0.157 e. The molecule has 4 nitrogen and oxygen atoms in total. The van der Waals surface area contributed by atoms with Crippen molar-refractivity contribution >= 4 is 17.6 Å². The highest BCUT2D eigenvalue weighted by molar-refractivity contribution is 7.99. The van der Waals surface area contributed by atoms with E-state index < -0.39 is 0 Å². The number of hydrogen-bond acceptors (Lipinski definition) is 5. The van der Waals surface area contributed by atoms with Crippen LogP contribution in [0.2, 0.25) is 0 Å². The van der Waals surface area contributed by atoms with Gasteiger partial charge in [0.15, 0.2) is 5.82 Å². The molecule has 0 radical (unpaired) electrons. The standard InChI is InChI=1S/C12H21N3OS/c1-4-6-7-17-12-8-10(13-3)14-11(15-12)9-16-5-2/h8H,4-7,9H2,1-3H3,(H,13,14,15). The van der Waals surface area contributed by atoms with Gasteiger partial charge in [0.25, 0.3) is 0 Å². The van der Waals surface area contributed by atoms with Crippen LogP contribution < -0.4 is 5.32 Å². The Bertz CT molecular complexity index is 334. The fraction of sp³-hybridized carbons (Fsp3) is 0.667. The fourth-order valence-electron chi connectivity index (χ4n) is 1.25. The van der Waals surface area contributed by atoms with Gasteiger partial charge in [-0.1, -0.05) is 13.3 Å². The van der Waals surface area contributed by atoms with Crippen molar-refractivity contribution in [3.8, 4) is 0 Å². The molecule has 0 amide bonds. The zero-order chi connectivity index (χ0) is 12.5. The van der Waals surface area contributed by atoms with Gasteiger partial charge in [0, 0.05) is 19.7 Å². The van der Waals surface area contributed by atoms with Crippen molar-refractivity contribution < 1.29 is 4.74 Å². The number of ether oxygens (including phenoxy) is 1. The number of nitrogens with one attached hydrogen (secondary N) is 1. The summed E-state index contributed by atoms with van der Waals surface area (Å²) in [6.45, 7) is 5.33. The Kier molecular flexibility index (Phi) is 6.96. The highest BCUT2D eigenvalue weighted by Gasteiger charge is 2.04. The van der Waals surface area contributed by atoms with Gasteiger partial charge in [-0.15, -0.1) is 11.8 Å². The van der Waals surface area contributed by atoms with Crippen LogP contribution in [0.3, 0.4) is 0 Å². The average Bonchev–Trinajstić information content (AvgIpc) is 2.36. The molecule has 0 aliphatic heterocycles. The molecule has 0 atom stereocenters. The maximum absolute atomic E-state index is 5.34. The van der Waals surface area contributed by atoms with Gasteiger partial charge in [-0.3, -0.25) is 0 Å². The number of hydrogen-bond donors (Lipinski definition) is 1. The van der Waals surface area contributed by atoms with Crippen LogP contribution in [0.5, 0.6) is 0 Å². The van der Waals surface area contributed by atoms with Crippen LogP contribution in [0.1, 0.15) is 32.5 Å². The minimum Gasteiger partial charge on any atom is -0.374 e. The lowest BCUT2D eigenvalue weighted by Gasteiger charge is -2.07. The first-order valence-electron chi connectivity index (χ1n) is 6.06. The number of unbranched alkanes of at least 4 members (excludes halogenated alkanes) is 1. The number of thioether (sulfide) groups is 1. The van der Waals surface area contributed by atoms with E-state index in [0.717, 1.165) is 22.4 Å². The van der Waals surface area contributed by atoms with Crippen LogP contribution in [0, 0.1) is 0 Å². The molecule has 0 bridgehead atoms. The third kappa shape index (κ3) is 5.37. The molecule has 1 rings (SSSR count).